The molecule has 0 saturated heterocycles. The van der Waals surface area contributed by atoms with Crippen LogP contribution in [-0.2, 0) is 13.6 Å². The van der Waals surface area contributed by atoms with Crippen molar-refractivity contribution >= 4 is 5.91 Å². The van der Waals surface area contributed by atoms with Crippen molar-refractivity contribution in [1.29, 1.82) is 0 Å². The lowest BCUT2D eigenvalue weighted by Gasteiger charge is -2.07. The van der Waals surface area contributed by atoms with E-state index in [9.17, 15) is 4.79 Å². The van der Waals surface area contributed by atoms with Crippen molar-refractivity contribution in [1.82, 2.24) is 25.1 Å². The van der Waals surface area contributed by atoms with Crippen LogP contribution >= 0.6 is 0 Å². The summed E-state index contributed by atoms with van der Waals surface area (Å²) in [5.41, 5.74) is 4.86. The summed E-state index contributed by atoms with van der Waals surface area (Å²) in [5, 5.41) is 7.43. The van der Waals surface area contributed by atoms with E-state index in [0.717, 1.165) is 28.1 Å². The second-order valence-corrected chi connectivity index (χ2v) is 6.74. The molecule has 0 fully saturated rings. The highest BCUT2D eigenvalue weighted by atomic mass is 16.5. The second kappa shape index (κ2) is 8.57. The van der Waals surface area contributed by atoms with Crippen LogP contribution in [0.5, 0.6) is 5.75 Å². The largest absolute Gasteiger partial charge is 0.497 e. The van der Waals surface area contributed by atoms with Gasteiger partial charge in [-0.05, 0) is 48.0 Å². The van der Waals surface area contributed by atoms with Gasteiger partial charge in [-0.2, -0.15) is 5.10 Å². The molecule has 0 aliphatic carbocycles. The van der Waals surface area contributed by atoms with Gasteiger partial charge < -0.3 is 10.1 Å². The smallest absolute Gasteiger partial charge is 0.269 e. The number of nitrogens with zero attached hydrogens (tertiary/aromatic N) is 4. The second-order valence-electron chi connectivity index (χ2n) is 6.74. The van der Waals surface area contributed by atoms with Crippen molar-refractivity contribution in [2.75, 3.05) is 7.11 Å². The van der Waals surface area contributed by atoms with Gasteiger partial charge in [0.1, 0.15) is 11.4 Å². The maximum absolute atomic E-state index is 12.7. The van der Waals surface area contributed by atoms with Gasteiger partial charge in [0.15, 0.2) is 0 Å². The zero-order valence-electron chi connectivity index (χ0n) is 16.7. The van der Waals surface area contributed by atoms with Gasteiger partial charge >= 0.3 is 0 Å². The summed E-state index contributed by atoms with van der Waals surface area (Å²) < 4.78 is 6.85. The zero-order valence-corrected chi connectivity index (χ0v) is 16.7. The number of rotatable bonds is 6. The molecule has 0 unspecified atom stereocenters. The number of amides is 1. The summed E-state index contributed by atoms with van der Waals surface area (Å²) in [6.07, 6.45) is 5.20. The molecular weight excluding hydrogens is 378 g/mol. The highest BCUT2D eigenvalue weighted by Crippen LogP contribution is 2.23. The predicted molar refractivity (Wildman–Crippen MR) is 114 cm³/mol. The van der Waals surface area contributed by atoms with Gasteiger partial charge in [0, 0.05) is 43.3 Å². The van der Waals surface area contributed by atoms with Crippen molar-refractivity contribution in [3.63, 3.8) is 0 Å². The molecule has 0 bridgehead atoms. The van der Waals surface area contributed by atoms with Crippen LogP contribution in [0.25, 0.3) is 22.5 Å². The molecule has 1 amide bonds. The molecule has 30 heavy (non-hydrogen) atoms. The SMILES string of the molecule is COc1cccc(-c2cc(C(=O)NCc3ccnc(-c4ccncc4)c3)n(C)n2)c1. The number of hydrogen-bond acceptors (Lipinski definition) is 5. The van der Waals surface area contributed by atoms with Crippen molar-refractivity contribution in [2.24, 2.45) is 7.05 Å². The van der Waals surface area contributed by atoms with E-state index in [2.05, 4.69) is 20.4 Å². The molecule has 0 saturated carbocycles. The van der Waals surface area contributed by atoms with Crippen molar-refractivity contribution in [3.05, 3.63) is 84.4 Å². The number of carbonyl (C=O) groups is 1. The quantitative estimate of drug-likeness (QED) is 0.537. The van der Waals surface area contributed by atoms with E-state index in [4.69, 9.17) is 4.74 Å². The Morgan fingerprint density at radius 3 is 2.63 bits per heavy atom. The Labute approximate surface area is 174 Å². The highest BCUT2D eigenvalue weighted by molar-refractivity contribution is 5.93. The van der Waals surface area contributed by atoms with Crippen LogP contribution in [0.3, 0.4) is 0 Å². The molecule has 0 aliphatic heterocycles. The Balaban J connectivity index is 1.48. The number of benzene rings is 1. The molecule has 1 N–H and O–H groups in total. The molecule has 4 aromatic rings. The molecule has 7 nitrogen and oxygen atoms in total. The Kier molecular flexibility index (Phi) is 5.52. The molecule has 1 aromatic carbocycles. The molecule has 3 heterocycles. The Morgan fingerprint density at radius 1 is 1.00 bits per heavy atom. The molecule has 150 valence electrons. The first-order valence-corrected chi connectivity index (χ1v) is 9.46. The number of carbonyl (C=O) groups excluding carboxylic acids is 1. The highest BCUT2D eigenvalue weighted by Gasteiger charge is 2.14. The molecule has 0 spiro atoms. The Morgan fingerprint density at radius 2 is 1.83 bits per heavy atom. The average Bonchev–Trinajstić information content (AvgIpc) is 3.20. The van der Waals surface area contributed by atoms with Crippen LogP contribution in [0.2, 0.25) is 0 Å². The monoisotopic (exact) mass is 399 g/mol. The number of ether oxygens (including phenoxy) is 1. The van der Waals surface area contributed by atoms with Gasteiger partial charge in [0.25, 0.3) is 5.91 Å². The Bertz CT molecular complexity index is 1170. The van der Waals surface area contributed by atoms with Gasteiger partial charge in [0.05, 0.1) is 18.5 Å². The van der Waals surface area contributed by atoms with Gasteiger partial charge in [-0.3, -0.25) is 19.4 Å². The van der Waals surface area contributed by atoms with Crippen molar-refractivity contribution in [3.8, 4) is 28.3 Å². The molecular formula is C23H21N5O2. The maximum Gasteiger partial charge on any atom is 0.269 e. The van der Waals surface area contributed by atoms with Crippen LogP contribution in [0, 0.1) is 0 Å². The number of pyridine rings is 2. The molecule has 7 heteroatoms. The fourth-order valence-corrected chi connectivity index (χ4v) is 3.14. The van der Waals surface area contributed by atoms with Crippen LogP contribution in [-0.4, -0.2) is 32.8 Å². The van der Waals surface area contributed by atoms with Crippen LogP contribution < -0.4 is 10.1 Å². The molecule has 0 aliphatic rings. The van der Waals surface area contributed by atoms with E-state index >= 15 is 0 Å². The van der Waals surface area contributed by atoms with Crippen LogP contribution in [0.1, 0.15) is 16.1 Å². The van der Waals surface area contributed by atoms with E-state index in [0.29, 0.717) is 17.9 Å². The summed E-state index contributed by atoms with van der Waals surface area (Å²) in [4.78, 5) is 21.2. The lowest BCUT2D eigenvalue weighted by molar-refractivity contribution is 0.0941. The fourth-order valence-electron chi connectivity index (χ4n) is 3.14. The predicted octanol–water partition coefficient (Wildman–Crippen LogP) is 3.48. The summed E-state index contributed by atoms with van der Waals surface area (Å²) in [5.74, 6) is 0.549. The van der Waals surface area contributed by atoms with E-state index in [1.807, 2.05) is 48.5 Å². The lowest BCUT2D eigenvalue weighted by atomic mass is 10.1. The minimum Gasteiger partial charge on any atom is -0.497 e. The van der Waals surface area contributed by atoms with Gasteiger partial charge in [0.2, 0.25) is 0 Å². The fraction of sp³-hybridized carbons (Fsp3) is 0.130. The van der Waals surface area contributed by atoms with E-state index in [-0.39, 0.29) is 5.91 Å². The lowest BCUT2D eigenvalue weighted by Crippen LogP contribution is -2.25. The third-order valence-electron chi connectivity index (χ3n) is 4.73. The molecule has 3 aromatic heterocycles. The Hall–Kier alpha value is -4.00. The average molecular weight is 399 g/mol. The van der Waals surface area contributed by atoms with Crippen molar-refractivity contribution < 1.29 is 9.53 Å². The first kappa shape index (κ1) is 19.3. The standard InChI is InChI=1S/C23H21N5O2/c1-28-22(14-21(27-28)18-4-3-5-19(13-18)30-2)23(29)26-15-16-6-11-25-20(12-16)17-7-9-24-10-8-17/h3-14H,15H2,1-2H3,(H,26,29). The first-order valence-electron chi connectivity index (χ1n) is 9.46. The van der Waals surface area contributed by atoms with Gasteiger partial charge in [-0.25, -0.2) is 0 Å². The van der Waals surface area contributed by atoms with Gasteiger partial charge in [-0.15, -0.1) is 0 Å². The third kappa shape index (κ3) is 4.20. The maximum atomic E-state index is 12.7. The van der Waals surface area contributed by atoms with Crippen LogP contribution in [0.15, 0.2) is 73.2 Å². The minimum atomic E-state index is -0.193. The number of hydrogen-bond donors (Lipinski definition) is 1. The van der Waals surface area contributed by atoms with Gasteiger partial charge in [-0.1, -0.05) is 12.1 Å². The topological polar surface area (TPSA) is 81.9 Å². The number of aryl methyl sites for hydroxylation is 1. The van der Waals surface area contributed by atoms with E-state index in [1.165, 1.54) is 0 Å². The summed E-state index contributed by atoms with van der Waals surface area (Å²) in [6.45, 7) is 0.388. The number of aromatic nitrogens is 4. The van der Waals surface area contributed by atoms with E-state index < -0.39 is 0 Å². The minimum absolute atomic E-state index is 0.193. The normalized spacial score (nSPS) is 10.6. The first-order chi connectivity index (χ1) is 14.6. The summed E-state index contributed by atoms with van der Waals surface area (Å²) in [7, 11) is 3.38. The zero-order chi connectivity index (χ0) is 20.9. The number of methoxy groups -OCH3 is 1. The van der Waals surface area contributed by atoms with Crippen LogP contribution in [0.4, 0.5) is 0 Å². The third-order valence-corrected chi connectivity index (χ3v) is 4.73. The van der Waals surface area contributed by atoms with Crippen molar-refractivity contribution in [2.45, 2.75) is 6.54 Å². The summed E-state index contributed by atoms with van der Waals surface area (Å²) >= 11 is 0. The number of nitrogens with one attached hydrogen (secondary N) is 1. The summed E-state index contributed by atoms with van der Waals surface area (Å²) in [6, 6.07) is 17.0. The molecule has 0 atom stereocenters. The molecule has 0 radical (unpaired) electrons. The molecule has 4 rings (SSSR count). The van der Waals surface area contributed by atoms with E-state index in [1.54, 1.807) is 43.5 Å².